The maximum absolute atomic E-state index is 2.76. The molecule has 0 aromatic heterocycles. The highest BCUT2D eigenvalue weighted by Crippen LogP contribution is 2.08. The van der Waals surface area contributed by atoms with Gasteiger partial charge in [0.05, 0.1) is 0 Å². The smallest absolute Gasteiger partial charge is 0.00187 e. The third kappa shape index (κ3) is 19.0. The lowest BCUT2D eigenvalue weighted by atomic mass is 10.1. The average molecular weight is 383 g/mol. The molecule has 0 atom stereocenters. The van der Waals surface area contributed by atoms with Gasteiger partial charge < -0.3 is 9.80 Å². The van der Waals surface area contributed by atoms with Crippen molar-refractivity contribution >= 4 is 0 Å². The summed E-state index contributed by atoms with van der Waals surface area (Å²) in [5.74, 6) is 0. The van der Waals surface area contributed by atoms with Gasteiger partial charge in [0.2, 0.25) is 0 Å². The molecular weight excluding hydrogens is 328 g/mol. The van der Waals surface area contributed by atoms with E-state index in [1.807, 2.05) is 0 Å². The largest absolute Gasteiger partial charge is 0.303 e. The van der Waals surface area contributed by atoms with Gasteiger partial charge in [-0.2, -0.15) is 0 Å². The van der Waals surface area contributed by atoms with Gasteiger partial charge in [0, 0.05) is 0 Å². The highest BCUT2D eigenvalue weighted by atomic mass is 15.1. The molecule has 0 bridgehead atoms. The summed E-state index contributed by atoms with van der Waals surface area (Å²) in [6.07, 6.45) is 20.7. The Morgan fingerprint density at radius 3 is 0.741 bits per heavy atom. The summed E-state index contributed by atoms with van der Waals surface area (Å²) in [5.41, 5.74) is 0. The van der Waals surface area contributed by atoms with E-state index in [9.17, 15) is 0 Å². The molecule has 0 aliphatic rings. The van der Waals surface area contributed by atoms with Crippen LogP contribution in [0.5, 0.6) is 0 Å². The van der Waals surface area contributed by atoms with Crippen molar-refractivity contribution in [3.8, 4) is 0 Å². The molecule has 0 unspecified atom stereocenters. The average Bonchev–Trinajstić information content (AvgIpc) is 2.67. The van der Waals surface area contributed by atoms with E-state index in [1.165, 1.54) is 136 Å². The van der Waals surface area contributed by atoms with Crippen molar-refractivity contribution in [2.45, 2.75) is 124 Å². The van der Waals surface area contributed by atoms with Crippen LogP contribution in [-0.2, 0) is 0 Å². The maximum Gasteiger partial charge on any atom is -0.00187 e. The van der Waals surface area contributed by atoms with Gasteiger partial charge in [0.15, 0.2) is 0 Å². The van der Waals surface area contributed by atoms with Crippen LogP contribution in [0.1, 0.15) is 124 Å². The highest BCUT2D eigenvalue weighted by molar-refractivity contribution is 4.62. The molecule has 0 aromatic rings. The summed E-state index contributed by atoms with van der Waals surface area (Å²) in [6.45, 7) is 17.2. The van der Waals surface area contributed by atoms with Crippen molar-refractivity contribution in [2.24, 2.45) is 0 Å². The van der Waals surface area contributed by atoms with Crippen LogP contribution in [0.25, 0.3) is 0 Å². The lowest BCUT2D eigenvalue weighted by Crippen LogP contribution is -2.28. The number of unbranched alkanes of at least 4 members (excludes halogenated alkanes) is 10. The molecule has 2 nitrogen and oxygen atoms in total. The Morgan fingerprint density at radius 1 is 0.296 bits per heavy atom. The van der Waals surface area contributed by atoms with Crippen LogP contribution >= 0.6 is 0 Å². The molecule has 27 heavy (non-hydrogen) atoms. The lowest BCUT2D eigenvalue weighted by Gasteiger charge is -2.24. The number of hydrogen-bond acceptors (Lipinski definition) is 2. The van der Waals surface area contributed by atoms with Gasteiger partial charge in [-0.1, -0.05) is 85.5 Å². The van der Waals surface area contributed by atoms with E-state index < -0.39 is 0 Å². The van der Waals surface area contributed by atoms with Crippen molar-refractivity contribution in [3.63, 3.8) is 0 Å². The van der Waals surface area contributed by atoms with Crippen LogP contribution in [0.15, 0.2) is 0 Å². The van der Waals surface area contributed by atoms with Crippen molar-refractivity contribution in [3.05, 3.63) is 0 Å². The Balaban J connectivity index is 3.97. The van der Waals surface area contributed by atoms with Gasteiger partial charge >= 0.3 is 0 Å². The minimum Gasteiger partial charge on any atom is -0.303 e. The fourth-order valence-corrected chi connectivity index (χ4v) is 3.86. The van der Waals surface area contributed by atoms with Crippen molar-refractivity contribution in [1.82, 2.24) is 9.80 Å². The van der Waals surface area contributed by atoms with Crippen LogP contribution in [0, 0.1) is 0 Å². The highest BCUT2D eigenvalue weighted by Gasteiger charge is 2.06. The SMILES string of the molecule is CCCCCN(CCCCC)CCCCCN(CCCCC)CCCCC. The second-order valence-corrected chi connectivity index (χ2v) is 8.57. The molecule has 164 valence electrons. The molecule has 0 N–H and O–H groups in total. The first kappa shape index (κ1) is 26.9. The first-order chi connectivity index (χ1) is 13.3. The molecule has 0 aromatic carbocycles. The Kier molecular flexibility index (Phi) is 22.1. The maximum atomic E-state index is 2.76. The Hall–Kier alpha value is -0.0800. The first-order valence-corrected chi connectivity index (χ1v) is 12.7. The van der Waals surface area contributed by atoms with Gasteiger partial charge in [-0.25, -0.2) is 0 Å². The zero-order chi connectivity index (χ0) is 20.0. The second kappa shape index (κ2) is 22.2. The topological polar surface area (TPSA) is 6.48 Å². The predicted molar refractivity (Wildman–Crippen MR) is 125 cm³/mol. The molecule has 0 saturated heterocycles. The van der Waals surface area contributed by atoms with Crippen LogP contribution in [-0.4, -0.2) is 49.1 Å². The van der Waals surface area contributed by atoms with E-state index in [4.69, 9.17) is 0 Å². The fourth-order valence-electron chi connectivity index (χ4n) is 3.86. The van der Waals surface area contributed by atoms with Gasteiger partial charge in [0.25, 0.3) is 0 Å². The molecule has 0 aliphatic carbocycles. The second-order valence-electron chi connectivity index (χ2n) is 8.57. The van der Waals surface area contributed by atoms with E-state index in [1.54, 1.807) is 0 Å². The third-order valence-corrected chi connectivity index (χ3v) is 5.76. The summed E-state index contributed by atoms with van der Waals surface area (Å²) in [6, 6.07) is 0. The van der Waals surface area contributed by atoms with Gasteiger partial charge in [-0.15, -0.1) is 0 Å². The van der Waals surface area contributed by atoms with Gasteiger partial charge in [-0.05, 0) is 77.8 Å². The Labute approximate surface area is 173 Å². The molecule has 0 radical (unpaired) electrons. The third-order valence-electron chi connectivity index (χ3n) is 5.76. The normalized spacial score (nSPS) is 11.8. The Bertz CT molecular complexity index is 221. The van der Waals surface area contributed by atoms with Gasteiger partial charge in [-0.3, -0.25) is 0 Å². The fraction of sp³-hybridized carbons (Fsp3) is 1.00. The summed E-state index contributed by atoms with van der Waals surface area (Å²) < 4.78 is 0. The quantitative estimate of drug-likeness (QED) is 0.179. The molecule has 0 heterocycles. The van der Waals surface area contributed by atoms with Crippen LogP contribution in [0.4, 0.5) is 0 Å². The van der Waals surface area contributed by atoms with Gasteiger partial charge in [0.1, 0.15) is 0 Å². The predicted octanol–water partition coefficient (Wildman–Crippen LogP) is 7.52. The molecule has 0 aliphatic heterocycles. The molecular formula is C25H54N2. The van der Waals surface area contributed by atoms with Crippen molar-refractivity contribution in [2.75, 3.05) is 39.3 Å². The minimum absolute atomic E-state index is 1.33. The standard InChI is InChI=1S/C25H54N2/c1-5-9-14-20-26(21-15-10-6-2)24-18-13-19-25-27(22-16-11-7-3)23-17-12-8-4/h5-25H2,1-4H3. The molecule has 2 heteroatoms. The molecule has 0 spiro atoms. The lowest BCUT2D eigenvalue weighted by molar-refractivity contribution is 0.240. The van der Waals surface area contributed by atoms with E-state index in [-0.39, 0.29) is 0 Å². The molecule has 0 saturated carbocycles. The van der Waals surface area contributed by atoms with Crippen LogP contribution < -0.4 is 0 Å². The first-order valence-electron chi connectivity index (χ1n) is 12.7. The van der Waals surface area contributed by atoms with Crippen molar-refractivity contribution in [1.29, 1.82) is 0 Å². The number of hydrogen-bond donors (Lipinski definition) is 0. The molecule has 0 fully saturated rings. The summed E-state index contributed by atoms with van der Waals surface area (Å²) in [4.78, 5) is 5.51. The number of nitrogens with zero attached hydrogens (tertiary/aromatic N) is 2. The minimum atomic E-state index is 1.33. The van der Waals surface area contributed by atoms with E-state index in [0.29, 0.717) is 0 Å². The monoisotopic (exact) mass is 382 g/mol. The van der Waals surface area contributed by atoms with Crippen molar-refractivity contribution < 1.29 is 0 Å². The van der Waals surface area contributed by atoms with E-state index >= 15 is 0 Å². The molecule has 0 amide bonds. The summed E-state index contributed by atoms with van der Waals surface area (Å²) >= 11 is 0. The zero-order valence-corrected chi connectivity index (χ0v) is 19.7. The number of rotatable bonds is 22. The summed E-state index contributed by atoms with van der Waals surface area (Å²) in [5, 5.41) is 0. The summed E-state index contributed by atoms with van der Waals surface area (Å²) in [7, 11) is 0. The Morgan fingerprint density at radius 2 is 0.519 bits per heavy atom. The molecule has 0 rings (SSSR count). The van der Waals surface area contributed by atoms with Crippen LogP contribution in [0.2, 0.25) is 0 Å². The zero-order valence-electron chi connectivity index (χ0n) is 19.7. The van der Waals surface area contributed by atoms with E-state index in [2.05, 4.69) is 37.5 Å². The van der Waals surface area contributed by atoms with E-state index in [0.717, 1.165) is 0 Å². The van der Waals surface area contributed by atoms with Crippen LogP contribution in [0.3, 0.4) is 0 Å².